The van der Waals surface area contributed by atoms with Crippen molar-refractivity contribution < 1.29 is 9.59 Å². The molecule has 0 heterocycles. The number of amides is 2. The molecule has 0 fully saturated rings. The molecule has 0 saturated carbocycles. The van der Waals surface area contributed by atoms with E-state index < -0.39 is 0 Å². The number of hydrogen-bond donors (Lipinski definition) is 3. The van der Waals surface area contributed by atoms with Crippen molar-refractivity contribution in [1.82, 2.24) is 16.0 Å². The molecule has 5 nitrogen and oxygen atoms in total. The summed E-state index contributed by atoms with van der Waals surface area (Å²) in [5.41, 5.74) is 0. The van der Waals surface area contributed by atoms with Crippen molar-refractivity contribution in [3.63, 3.8) is 0 Å². The number of nitrogens with one attached hydrogen (secondary N) is 3. The van der Waals surface area contributed by atoms with Crippen molar-refractivity contribution in [2.75, 3.05) is 13.3 Å². The Bertz CT molecular complexity index is 521. The van der Waals surface area contributed by atoms with Crippen molar-refractivity contribution in [3.05, 3.63) is 0 Å². The molecule has 0 spiro atoms. The fourth-order valence-corrected chi connectivity index (χ4v) is 5.88. The number of carbonyl (C=O) groups excluding carboxylic acids is 2. The van der Waals surface area contributed by atoms with Gasteiger partial charge in [-0.1, -0.05) is 194 Å². The van der Waals surface area contributed by atoms with E-state index in [0.717, 1.165) is 25.7 Å². The van der Waals surface area contributed by atoms with Gasteiger partial charge in [0.25, 0.3) is 0 Å². The lowest BCUT2D eigenvalue weighted by Crippen LogP contribution is -2.40. The molecule has 256 valence electrons. The topological polar surface area (TPSA) is 70.2 Å². The Labute approximate surface area is 269 Å². The van der Waals surface area contributed by atoms with Gasteiger partial charge in [0, 0.05) is 12.8 Å². The van der Waals surface area contributed by atoms with Crippen LogP contribution in [0.25, 0.3) is 0 Å². The zero-order chi connectivity index (χ0) is 31.3. The number of rotatable bonds is 36. The first-order chi connectivity index (χ1) is 21.2. The monoisotopic (exact) mass is 608 g/mol. The van der Waals surface area contributed by atoms with E-state index in [4.69, 9.17) is 0 Å². The summed E-state index contributed by atoms with van der Waals surface area (Å²) >= 11 is 0. The van der Waals surface area contributed by atoms with E-state index in [1.807, 2.05) is 0 Å². The first-order valence-corrected chi connectivity index (χ1v) is 19.4. The largest absolute Gasteiger partial charge is 0.343 e. The lowest BCUT2D eigenvalue weighted by Gasteiger charge is -2.09. The summed E-state index contributed by atoms with van der Waals surface area (Å²) in [6.07, 6.45) is 41.3. The van der Waals surface area contributed by atoms with Gasteiger partial charge in [-0.3, -0.25) is 14.9 Å². The summed E-state index contributed by atoms with van der Waals surface area (Å²) in [6.45, 7) is 5.39. The zero-order valence-corrected chi connectivity index (χ0v) is 29.4. The van der Waals surface area contributed by atoms with Crippen LogP contribution in [-0.4, -0.2) is 25.2 Å². The quantitative estimate of drug-likeness (QED) is 0.0490. The maximum absolute atomic E-state index is 12.0. The third kappa shape index (κ3) is 37.0. The van der Waals surface area contributed by atoms with Gasteiger partial charge in [0.1, 0.15) is 0 Å². The SMILES string of the molecule is CCCCCCCCCCCCCCCCCC(=O)NCNCNC(=O)CCCCCCCCCCCCCCCCC. The standard InChI is InChI=1S/C38H77N3O2/c1-3-5-7-9-11-13-15-17-19-21-23-25-27-29-31-33-37(42)40-35-39-36-41-38(43)34-32-30-28-26-24-22-20-18-16-14-12-10-8-6-4-2/h39H,3-36H2,1-2H3,(H,40,42)(H,41,43). The van der Waals surface area contributed by atoms with Crippen LogP contribution in [0.5, 0.6) is 0 Å². The van der Waals surface area contributed by atoms with Gasteiger partial charge in [-0.2, -0.15) is 0 Å². The highest BCUT2D eigenvalue weighted by Gasteiger charge is 2.03. The first-order valence-electron chi connectivity index (χ1n) is 19.4. The Morgan fingerprint density at radius 2 is 0.535 bits per heavy atom. The second-order valence-electron chi connectivity index (χ2n) is 13.2. The molecule has 0 aromatic carbocycles. The number of carbonyl (C=O) groups is 2. The Morgan fingerprint density at radius 3 is 0.767 bits per heavy atom. The van der Waals surface area contributed by atoms with Gasteiger partial charge in [0.05, 0.1) is 13.3 Å². The van der Waals surface area contributed by atoms with Crippen molar-refractivity contribution in [1.29, 1.82) is 0 Å². The summed E-state index contributed by atoms with van der Waals surface area (Å²) in [4.78, 5) is 24.0. The van der Waals surface area contributed by atoms with Gasteiger partial charge in [-0.05, 0) is 12.8 Å². The Morgan fingerprint density at radius 1 is 0.326 bits per heavy atom. The smallest absolute Gasteiger partial charge is 0.220 e. The molecule has 43 heavy (non-hydrogen) atoms. The lowest BCUT2D eigenvalue weighted by molar-refractivity contribution is -0.121. The predicted octanol–water partition coefficient (Wildman–Crippen LogP) is 11.2. The van der Waals surface area contributed by atoms with Gasteiger partial charge in [-0.15, -0.1) is 0 Å². The minimum Gasteiger partial charge on any atom is -0.343 e. The highest BCUT2D eigenvalue weighted by molar-refractivity contribution is 5.76. The Balaban J connectivity index is 3.25. The molecule has 0 aliphatic rings. The van der Waals surface area contributed by atoms with Gasteiger partial charge in [0.2, 0.25) is 11.8 Å². The van der Waals surface area contributed by atoms with Crippen LogP contribution in [-0.2, 0) is 9.59 Å². The Hall–Kier alpha value is -1.10. The molecule has 0 radical (unpaired) electrons. The highest BCUT2D eigenvalue weighted by Crippen LogP contribution is 2.15. The maximum Gasteiger partial charge on any atom is 0.220 e. The molecular weight excluding hydrogens is 530 g/mol. The van der Waals surface area contributed by atoms with Gasteiger partial charge >= 0.3 is 0 Å². The minimum absolute atomic E-state index is 0.103. The summed E-state index contributed by atoms with van der Waals surface area (Å²) < 4.78 is 0. The first kappa shape index (κ1) is 41.9. The maximum atomic E-state index is 12.0. The molecule has 0 aromatic heterocycles. The zero-order valence-electron chi connectivity index (χ0n) is 29.4. The second-order valence-corrected chi connectivity index (χ2v) is 13.2. The van der Waals surface area contributed by atoms with E-state index >= 15 is 0 Å². The molecule has 0 aliphatic carbocycles. The Kier molecular flexibility index (Phi) is 36.1. The van der Waals surface area contributed by atoms with Crippen LogP contribution in [0, 0.1) is 0 Å². The van der Waals surface area contributed by atoms with Crippen LogP contribution in [0.4, 0.5) is 0 Å². The van der Waals surface area contributed by atoms with Crippen molar-refractivity contribution in [2.24, 2.45) is 0 Å². The van der Waals surface area contributed by atoms with Crippen molar-refractivity contribution in [3.8, 4) is 0 Å². The molecular formula is C38H77N3O2. The van der Waals surface area contributed by atoms with Crippen LogP contribution in [0.3, 0.4) is 0 Å². The van der Waals surface area contributed by atoms with Crippen LogP contribution in [0.15, 0.2) is 0 Å². The summed E-state index contributed by atoms with van der Waals surface area (Å²) in [6, 6.07) is 0. The molecule has 0 bridgehead atoms. The molecule has 0 atom stereocenters. The fourth-order valence-electron chi connectivity index (χ4n) is 5.88. The van der Waals surface area contributed by atoms with Crippen molar-refractivity contribution in [2.45, 2.75) is 219 Å². The molecule has 0 aliphatic heterocycles. The fraction of sp³-hybridized carbons (Fsp3) is 0.947. The van der Waals surface area contributed by atoms with E-state index in [9.17, 15) is 9.59 Å². The van der Waals surface area contributed by atoms with Crippen molar-refractivity contribution >= 4 is 11.8 Å². The van der Waals surface area contributed by atoms with E-state index in [2.05, 4.69) is 29.8 Å². The van der Waals surface area contributed by atoms with E-state index in [-0.39, 0.29) is 11.8 Å². The van der Waals surface area contributed by atoms with Crippen LogP contribution >= 0.6 is 0 Å². The third-order valence-corrected chi connectivity index (χ3v) is 8.84. The number of hydrogen-bond acceptors (Lipinski definition) is 3. The van der Waals surface area contributed by atoms with E-state index in [1.165, 1.54) is 167 Å². The van der Waals surface area contributed by atoms with Crippen LogP contribution in [0.2, 0.25) is 0 Å². The summed E-state index contributed by atoms with van der Waals surface area (Å²) in [5.74, 6) is 0.206. The number of unbranched alkanes of at least 4 members (excludes halogenated alkanes) is 28. The average Bonchev–Trinajstić information content (AvgIpc) is 3.00. The molecule has 0 aromatic rings. The van der Waals surface area contributed by atoms with Gasteiger partial charge in [0.15, 0.2) is 0 Å². The van der Waals surface area contributed by atoms with E-state index in [1.54, 1.807) is 0 Å². The third-order valence-electron chi connectivity index (χ3n) is 8.84. The second kappa shape index (κ2) is 37.1. The molecule has 0 saturated heterocycles. The predicted molar refractivity (Wildman–Crippen MR) is 188 cm³/mol. The lowest BCUT2D eigenvalue weighted by atomic mass is 10.0. The van der Waals surface area contributed by atoms with Crippen LogP contribution in [0.1, 0.15) is 219 Å². The normalized spacial score (nSPS) is 11.2. The summed E-state index contributed by atoms with van der Waals surface area (Å²) in [5, 5.41) is 8.90. The average molecular weight is 608 g/mol. The van der Waals surface area contributed by atoms with Gasteiger partial charge in [-0.25, -0.2) is 0 Å². The molecule has 0 unspecified atom stereocenters. The molecule has 3 N–H and O–H groups in total. The van der Waals surface area contributed by atoms with Crippen LogP contribution < -0.4 is 16.0 Å². The molecule has 2 amide bonds. The van der Waals surface area contributed by atoms with E-state index in [0.29, 0.717) is 26.2 Å². The summed E-state index contributed by atoms with van der Waals surface area (Å²) in [7, 11) is 0. The van der Waals surface area contributed by atoms with Gasteiger partial charge < -0.3 is 10.6 Å². The molecule has 5 heteroatoms. The highest BCUT2D eigenvalue weighted by atomic mass is 16.2. The molecule has 0 rings (SSSR count). The minimum atomic E-state index is 0.103.